The Kier molecular flexibility index (Phi) is 6.40. The predicted molar refractivity (Wildman–Crippen MR) is 46.2 cm³/mol. The molecule has 3 heteroatoms. The summed E-state index contributed by atoms with van der Waals surface area (Å²) in [6, 6.07) is 0.688. The second-order valence-corrected chi connectivity index (χ2v) is 3.37. The van der Waals surface area contributed by atoms with E-state index in [2.05, 4.69) is 18.7 Å². The summed E-state index contributed by atoms with van der Waals surface area (Å²) < 4.78 is 5.21. The fourth-order valence-electron chi connectivity index (χ4n) is 1.49. The van der Waals surface area contributed by atoms with Gasteiger partial charge >= 0.3 is 0 Å². The topological polar surface area (TPSA) is 12.5 Å². The smallest absolute Gasteiger partial charge is 0.00365 e. The first kappa shape index (κ1) is 12.6. The molecular weight excluding hydrogens is 324 g/mol. The summed E-state index contributed by atoms with van der Waals surface area (Å²) in [4.78, 5) is 2.49. The third kappa shape index (κ3) is 3.53. The third-order valence-corrected chi connectivity index (χ3v) is 2.37. The van der Waals surface area contributed by atoms with Crippen LogP contribution in [0.3, 0.4) is 0 Å². The Hall–Kier alpha value is 0.582. The number of hydrogen-bond acceptors (Lipinski definition) is 2. The van der Waals surface area contributed by atoms with Crippen molar-refractivity contribution in [1.29, 1.82) is 0 Å². The number of likely N-dealkylation sites (tertiary alicyclic amines) is 1. The molecule has 1 aliphatic heterocycles. The van der Waals surface area contributed by atoms with Crippen LogP contribution < -0.4 is 0 Å². The number of nitrogens with zero attached hydrogens (tertiary/aromatic N) is 1. The molecule has 0 N–H and O–H groups in total. The zero-order valence-corrected chi connectivity index (χ0v) is 10.9. The fourth-order valence-corrected chi connectivity index (χ4v) is 1.49. The molecule has 1 heterocycles. The van der Waals surface area contributed by atoms with Crippen LogP contribution in [0.15, 0.2) is 0 Å². The first-order valence-electron chi connectivity index (χ1n) is 4.36. The van der Waals surface area contributed by atoms with Crippen LogP contribution >= 0.6 is 0 Å². The van der Waals surface area contributed by atoms with E-state index in [9.17, 15) is 0 Å². The Labute approximate surface area is 89.3 Å². The van der Waals surface area contributed by atoms with E-state index in [1.54, 1.807) is 7.11 Å². The molecule has 0 unspecified atom stereocenters. The second kappa shape index (κ2) is 6.10. The molecule has 0 atom stereocenters. The molecule has 1 saturated heterocycles. The van der Waals surface area contributed by atoms with Crippen molar-refractivity contribution >= 4 is 0 Å². The predicted octanol–water partition coefficient (Wildman–Crippen LogP) is 1.67. The monoisotopic (exact) mass is 343 g/mol. The van der Waals surface area contributed by atoms with Crippen LogP contribution in [0.2, 0.25) is 0 Å². The van der Waals surface area contributed by atoms with E-state index in [-0.39, 0.29) is 20.4 Å². The van der Waals surface area contributed by atoms with Gasteiger partial charge in [-0.15, -0.1) is 12.8 Å². The fraction of sp³-hybridized carbons (Fsp3) is 0.889. The van der Waals surface area contributed by atoms with Gasteiger partial charge in [0.1, 0.15) is 0 Å². The summed E-state index contributed by atoms with van der Waals surface area (Å²) in [5.41, 5.74) is 0. The van der Waals surface area contributed by atoms with Gasteiger partial charge in [-0.1, -0.05) is 0 Å². The van der Waals surface area contributed by atoms with Gasteiger partial charge in [0, 0.05) is 26.5 Å². The SMILES string of the molecule is CO[C-]1CCN(C(C)C)CC1.[Re]. The van der Waals surface area contributed by atoms with Crippen LogP contribution in [0.25, 0.3) is 0 Å². The van der Waals surface area contributed by atoms with Crippen LogP contribution in [0, 0.1) is 6.10 Å². The van der Waals surface area contributed by atoms with Gasteiger partial charge in [-0.05, 0) is 34.0 Å². The van der Waals surface area contributed by atoms with E-state index in [1.165, 1.54) is 19.2 Å². The molecule has 0 bridgehead atoms. The molecule has 1 aliphatic rings. The molecular formula is C9H18NORe-. The molecule has 0 aromatic carbocycles. The Morgan fingerprint density at radius 3 is 2.08 bits per heavy atom. The molecule has 0 aromatic rings. The van der Waals surface area contributed by atoms with E-state index in [0.717, 1.165) is 12.8 Å². The molecule has 12 heavy (non-hydrogen) atoms. The third-order valence-electron chi connectivity index (χ3n) is 2.37. The Bertz CT molecular complexity index is 111. The molecule has 2 nitrogen and oxygen atoms in total. The van der Waals surface area contributed by atoms with Crippen molar-refractivity contribution in [2.45, 2.75) is 32.7 Å². The largest absolute Gasteiger partial charge is 0.551 e. The van der Waals surface area contributed by atoms with Crippen molar-refractivity contribution in [3.63, 3.8) is 0 Å². The first-order valence-corrected chi connectivity index (χ1v) is 4.36. The number of rotatable bonds is 2. The molecule has 1 radical (unpaired) electrons. The number of methoxy groups -OCH3 is 1. The van der Waals surface area contributed by atoms with Crippen LogP contribution in [-0.4, -0.2) is 31.1 Å². The molecule has 0 aromatic heterocycles. The van der Waals surface area contributed by atoms with Gasteiger partial charge in [0.25, 0.3) is 0 Å². The number of piperidine rings is 1. The van der Waals surface area contributed by atoms with Gasteiger partial charge in [0.2, 0.25) is 0 Å². The summed E-state index contributed by atoms with van der Waals surface area (Å²) in [6.07, 6.45) is 3.51. The van der Waals surface area contributed by atoms with Gasteiger partial charge in [-0.3, -0.25) is 0 Å². The number of ether oxygens (including phenoxy) is 1. The van der Waals surface area contributed by atoms with Crippen molar-refractivity contribution in [3.05, 3.63) is 6.10 Å². The van der Waals surface area contributed by atoms with Gasteiger partial charge in [-0.25, -0.2) is 0 Å². The first-order chi connectivity index (χ1) is 5.24. The van der Waals surface area contributed by atoms with Gasteiger partial charge in [0.05, 0.1) is 0 Å². The van der Waals surface area contributed by atoms with E-state index in [0.29, 0.717) is 6.04 Å². The minimum Gasteiger partial charge on any atom is -0.551 e. The van der Waals surface area contributed by atoms with Crippen molar-refractivity contribution in [2.75, 3.05) is 20.2 Å². The van der Waals surface area contributed by atoms with Gasteiger partial charge in [0.15, 0.2) is 0 Å². The van der Waals surface area contributed by atoms with E-state index >= 15 is 0 Å². The van der Waals surface area contributed by atoms with Crippen LogP contribution in [0.4, 0.5) is 0 Å². The van der Waals surface area contributed by atoms with Crippen LogP contribution in [0.5, 0.6) is 0 Å². The van der Waals surface area contributed by atoms with E-state index in [1.807, 2.05) is 0 Å². The average molecular weight is 342 g/mol. The summed E-state index contributed by atoms with van der Waals surface area (Å²) in [7, 11) is 1.78. The maximum Gasteiger partial charge on any atom is 0.00365 e. The molecule has 0 spiro atoms. The second-order valence-electron chi connectivity index (χ2n) is 3.37. The zero-order valence-electron chi connectivity index (χ0n) is 8.14. The molecule has 0 aliphatic carbocycles. The molecule has 0 saturated carbocycles. The molecule has 73 valence electrons. The minimum absolute atomic E-state index is 0. The van der Waals surface area contributed by atoms with Gasteiger partial charge in [-0.2, -0.15) is 6.10 Å². The summed E-state index contributed by atoms with van der Waals surface area (Å²) in [5.74, 6) is 0. The van der Waals surface area contributed by atoms with E-state index < -0.39 is 0 Å². The Morgan fingerprint density at radius 1 is 1.25 bits per heavy atom. The van der Waals surface area contributed by atoms with Crippen LogP contribution in [-0.2, 0) is 25.2 Å². The zero-order chi connectivity index (χ0) is 8.27. The average Bonchev–Trinajstić information content (AvgIpc) is 2.05. The van der Waals surface area contributed by atoms with Crippen molar-refractivity contribution in [1.82, 2.24) is 4.90 Å². The standard InChI is InChI=1S/C9H18NO.Re/c1-8(2)10-6-4-9(11-3)5-7-10;/h8H,4-7H2,1-3H3;/q-1;. The minimum atomic E-state index is 0. The van der Waals surface area contributed by atoms with Gasteiger partial charge < -0.3 is 9.64 Å². The molecule has 1 fully saturated rings. The van der Waals surface area contributed by atoms with Crippen molar-refractivity contribution in [3.8, 4) is 0 Å². The quantitative estimate of drug-likeness (QED) is 0.708. The van der Waals surface area contributed by atoms with Crippen molar-refractivity contribution in [2.24, 2.45) is 0 Å². The Balaban J connectivity index is 0.00000121. The molecule has 1 rings (SSSR count). The molecule has 0 amide bonds. The maximum atomic E-state index is 5.21. The Morgan fingerprint density at radius 2 is 1.75 bits per heavy atom. The van der Waals surface area contributed by atoms with Crippen molar-refractivity contribution < 1.29 is 25.2 Å². The summed E-state index contributed by atoms with van der Waals surface area (Å²) in [6.45, 7) is 6.83. The number of hydrogen-bond donors (Lipinski definition) is 0. The summed E-state index contributed by atoms with van der Waals surface area (Å²) in [5, 5.41) is 0. The maximum absolute atomic E-state index is 5.21. The van der Waals surface area contributed by atoms with E-state index in [4.69, 9.17) is 4.74 Å². The van der Waals surface area contributed by atoms with Crippen LogP contribution in [0.1, 0.15) is 26.7 Å². The summed E-state index contributed by atoms with van der Waals surface area (Å²) >= 11 is 0. The normalized spacial score (nSPS) is 21.0.